The minimum Gasteiger partial charge on any atom is -0.458 e. The molecular formula is C23H42N4O5S. The van der Waals surface area contributed by atoms with Crippen molar-refractivity contribution >= 4 is 41.5 Å². The lowest BCUT2D eigenvalue weighted by atomic mass is 10.1. The molecule has 0 spiro atoms. The highest BCUT2D eigenvalue weighted by atomic mass is 32.2. The molecule has 190 valence electrons. The van der Waals surface area contributed by atoms with E-state index in [-0.39, 0.29) is 18.7 Å². The maximum atomic E-state index is 12.5. The van der Waals surface area contributed by atoms with Gasteiger partial charge in [0.05, 0.1) is 12.3 Å². The molecule has 0 saturated carbocycles. The normalized spacial score (nSPS) is 13.2. The van der Waals surface area contributed by atoms with Gasteiger partial charge in [-0.3, -0.25) is 14.4 Å². The third-order valence-corrected chi connectivity index (χ3v) is 5.77. The summed E-state index contributed by atoms with van der Waals surface area (Å²) in [6, 6.07) is -1.84. The number of ether oxygens (including phenoxy) is 1. The van der Waals surface area contributed by atoms with Crippen molar-refractivity contribution in [1.29, 1.82) is 5.41 Å². The van der Waals surface area contributed by atoms with Gasteiger partial charge in [-0.1, -0.05) is 13.8 Å². The summed E-state index contributed by atoms with van der Waals surface area (Å²) in [4.78, 5) is 48.1. The molecule has 9 nitrogen and oxygen atoms in total. The van der Waals surface area contributed by atoms with Crippen molar-refractivity contribution in [1.82, 2.24) is 10.6 Å². The fraction of sp³-hybridized carbons (Fsp3) is 0.783. The van der Waals surface area contributed by atoms with Gasteiger partial charge in [0, 0.05) is 25.1 Å². The highest BCUT2D eigenvalue weighted by Gasteiger charge is 2.28. The quantitative estimate of drug-likeness (QED) is 0.140. The van der Waals surface area contributed by atoms with Gasteiger partial charge in [-0.05, 0) is 58.1 Å². The van der Waals surface area contributed by atoms with E-state index in [1.54, 1.807) is 32.5 Å². The van der Waals surface area contributed by atoms with Crippen molar-refractivity contribution in [2.45, 2.75) is 90.8 Å². The Bertz CT molecular complexity index is 649. The Kier molecular flexibility index (Phi) is 15.7. The van der Waals surface area contributed by atoms with Crippen molar-refractivity contribution in [3.8, 4) is 0 Å². The summed E-state index contributed by atoms with van der Waals surface area (Å²) in [7, 11) is 0. The van der Waals surface area contributed by atoms with Crippen molar-refractivity contribution in [2.75, 3.05) is 18.1 Å². The van der Waals surface area contributed by atoms with Gasteiger partial charge in [-0.15, -0.1) is 0 Å². The molecule has 0 radical (unpaired) electrons. The number of rotatable bonds is 17. The van der Waals surface area contributed by atoms with Gasteiger partial charge >= 0.3 is 5.97 Å². The third kappa shape index (κ3) is 17.2. The molecular weight excluding hydrogens is 444 g/mol. The zero-order chi connectivity index (χ0) is 25.4. The summed E-state index contributed by atoms with van der Waals surface area (Å²) in [5.74, 6) is 0.897. The topological polar surface area (TPSA) is 151 Å². The molecule has 0 rings (SSSR count). The first-order valence-corrected chi connectivity index (χ1v) is 12.7. The first-order chi connectivity index (χ1) is 15.4. The highest BCUT2D eigenvalue weighted by molar-refractivity contribution is 7.99. The predicted octanol–water partition coefficient (Wildman–Crippen LogP) is 2.20. The smallest absolute Gasteiger partial charge is 0.329 e. The number of nitrogens with one attached hydrogen (secondary N) is 3. The first kappa shape index (κ1) is 31.1. The Labute approximate surface area is 202 Å². The second kappa shape index (κ2) is 16.6. The maximum absolute atomic E-state index is 12.5. The number of nitrogens with two attached hydrogens (primary N) is 1. The Morgan fingerprint density at radius 3 is 2.33 bits per heavy atom. The molecule has 0 aliphatic carbocycles. The zero-order valence-electron chi connectivity index (χ0n) is 20.7. The van der Waals surface area contributed by atoms with Gasteiger partial charge in [0.1, 0.15) is 11.6 Å². The number of ketones is 1. The number of esters is 1. The van der Waals surface area contributed by atoms with E-state index in [0.29, 0.717) is 44.4 Å². The van der Waals surface area contributed by atoms with Gasteiger partial charge in [0.15, 0.2) is 5.78 Å². The lowest BCUT2D eigenvalue weighted by molar-refractivity contribution is -0.159. The second-order valence-corrected chi connectivity index (χ2v) is 10.6. The molecule has 0 saturated heterocycles. The molecule has 2 atom stereocenters. The fourth-order valence-electron chi connectivity index (χ4n) is 2.68. The molecule has 33 heavy (non-hydrogen) atoms. The first-order valence-electron chi connectivity index (χ1n) is 11.5. The van der Waals surface area contributed by atoms with Crippen LogP contribution in [-0.2, 0) is 23.9 Å². The number of thioether (sulfide) groups is 1. The molecule has 0 heterocycles. The molecule has 0 aliphatic rings. The molecule has 0 aromatic rings. The molecule has 0 fully saturated rings. The summed E-state index contributed by atoms with van der Waals surface area (Å²) < 4.78 is 5.32. The molecule has 0 aliphatic heterocycles. The number of Topliss-reactive ketones (excluding diaryl/α,β-unsaturated/α-hetero) is 1. The van der Waals surface area contributed by atoms with Crippen LogP contribution in [-0.4, -0.2) is 65.5 Å². The van der Waals surface area contributed by atoms with Crippen LogP contribution in [0.4, 0.5) is 0 Å². The number of hydrogen-bond acceptors (Lipinski definition) is 8. The minimum absolute atomic E-state index is 0.0213. The van der Waals surface area contributed by atoms with Crippen LogP contribution in [0.15, 0.2) is 0 Å². The van der Waals surface area contributed by atoms with Gasteiger partial charge in [0.2, 0.25) is 11.8 Å². The number of carbonyl (C=O) groups excluding carboxylic acids is 4. The predicted molar refractivity (Wildman–Crippen MR) is 132 cm³/mol. The van der Waals surface area contributed by atoms with Crippen LogP contribution >= 0.6 is 11.8 Å². The standard InChI is InChI=1S/C23H42N4O5S/c1-16(2)15-33-13-11-20(29)26-12-7-6-8-18(25)21(30)27-19(10-9-17(28)14-24)22(31)32-23(3,4)5/h14,16,18-19,24H,6-13,15,25H2,1-5H3,(H,26,29)(H,27,30)/t18?,19-/m0/s1. The molecule has 1 unspecified atom stereocenters. The van der Waals surface area contributed by atoms with Crippen LogP contribution in [0.25, 0.3) is 0 Å². The van der Waals surface area contributed by atoms with Crippen LogP contribution in [0.1, 0.15) is 73.1 Å². The van der Waals surface area contributed by atoms with Crippen LogP contribution < -0.4 is 16.4 Å². The van der Waals surface area contributed by atoms with E-state index in [1.807, 2.05) is 0 Å². The average Bonchev–Trinajstić information content (AvgIpc) is 2.71. The molecule has 5 N–H and O–H groups in total. The lowest BCUT2D eigenvalue weighted by Crippen LogP contribution is -2.50. The highest BCUT2D eigenvalue weighted by Crippen LogP contribution is 2.12. The Balaban J connectivity index is 4.38. The SMILES string of the molecule is CC(C)CSCCC(=O)NCCCCC(N)C(=O)N[C@@H](CCC(=O)C=N)C(=O)OC(C)(C)C. The molecule has 0 bridgehead atoms. The van der Waals surface area contributed by atoms with Crippen LogP contribution in [0, 0.1) is 11.3 Å². The Hall–Kier alpha value is -1.94. The summed E-state index contributed by atoms with van der Waals surface area (Å²) in [5, 5.41) is 12.4. The van der Waals surface area contributed by atoms with Crippen LogP contribution in [0.3, 0.4) is 0 Å². The lowest BCUT2D eigenvalue weighted by Gasteiger charge is -2.25. The maximum Gasteiger partial charge on any atom is 0.329 e. The zero-order valence-corrected chi connectivity index (χ0v) is 21.5. The number of amides is 2. The van der Waals surface area contributed by atoms with Crippen LogP contribution in [0.2, 0.25) is 0 Å². The number of hydrogen-bond donors (Lipinski definition) is 4. The van der Waals surface area contributed by atoms with Crippen molar-refractivity contribution in [2.24, 2.45) is 11.7 Å². The van der Waals surface area contributed by atoms with E-state index < -0.39 is 35.3 Å². The van der Waals surface area contributed by atoms with Gasteiger partial charge < -0.3 is 26.5 Å². The molecule has 2 amide bonds. The largest absolute Gasteiger partial charge is 0.458 e. The molecule has 10 heteroatoms. The second-order valence-electron chi connectivity index (χ2n) is 9.41. The summed E-state index contributed by atoms with van der Waals surface area (Å²) in [6.45, 7) is 9.95. The van der Waals surface area contributed by atoms with Gasteiger partial charge in [-0.25, -0.2) is 4.79 Å². The van der Waals surface area contributed by atoms with Crippen LogP contribution in [0.5, 0.6) is 0 Å². The summed E-state index contributed by atoms with van der Waals surface area (Å²) in [6.07, 6.45) is 2.87. The average molecular weight is 487 g/mol. The van der Waals surface area contributed by atoms with E-state index in [1.165, 1.54) is 0 Å². The van der Waals surface area contributed by atoms with Gasteiger partial charge in [0.25, 0.3) is 0 Å². The number of unbranched alkanes of at least 4 members (excludes halogenated alkanes) is 1. The van der Waals surface area contributed by atoms with Crippen molar-refractivity contribution in [3.05, 3.63) is 0 Å². The van der Waals surface area contributed by atoms with Gasteiger partial charge in [-0.2, -0.15) is 11.8 Å². The minimum atomic E-state index is -1.01. The summed E-state index contributed by atoms with van der Waals surface area (Å²) >= 11 is 1.77. The van der Waals surface area contributed by atoms with E-state index in [0.717, 1.165) is 11.5 Å². The number of carbonyl (C=O) groups is 4. The van der Waals surface area contributed by atoms with E-state index in [4.69, 9.17) is 15.9 Å². The summed E-state index contributed by atoms with van der Waals surface area (Å²) in [5.41, 5.74) is 5.22. The molecule has 0 aromatic carbocycles. The van der Waals surface area contributed by atoms with E-state index >= 15 is 0 Å². The van der Waals surface area contributed by atoms with E-state index in [9.17, 15) is 19.2 Å². The monoisotopic (exact) mass is 486 g/mol. The third-order valence-electron chi connectivity index (χ3n) is 4.37. The fourth-order valence-corrected chi connectivity index (χ4v) is 3.65. The Morgan fingerprint density at radius 2 is 1.76 bits per heavy atom. The molecule has 0 aromatic heterocycles. The van der Waals surface area contributed by atoms with Crippen molar-refractivity contribution < 1.29 is 23.9 Å². The Morgan fingerprint density at radius 1 is 1.09 bits per heavy atom. The van der Waals surface area contributed by atoms with Crippen molar-refractivity contribution in [3.63, 3.8) is 0 Å². The van der Waals surface area contributed by atoms with E-state index in [2.05, 4.69) is 24.5 Å².